The van der Waals surface area contributed by atoms with Gasteiger partial charge in [0.2, 0.25) is 0 Å². The second kappa shape index (κ2) is 7.75. The normalized spacial score (nSPS) is 11.5. The minimum absolute atomic E-state index is 0.0477. The van der Waals surface area contributed by atoms with Gasteiger partial charge in [-0.1, -0.05) is 6.07 Å². The van der Waals surface area contributed by atoms with Crippen LogP contribution in [-0.4, -0.2) is 37.8 Å². The van der Waals surface area contributed by atoms with Gasteiger partial charge in [-0.15, -0.1) is 0 Å². The summed E-state index contributed by atoms with van der Waals surface area (Å²) in [5.74, 6) is -0.226. The van der Waals surface area contributed by atoms with E-state index in [0.717, 1.165) is 17.7 Å². The van der Waals surface area contributed by atoms with Gasteiger partial charge in [0.15, 0.2) is 5.69 Å². The number of benzene rings is 1. The minimum atomic E-state index is -4.44. The van der Waals surface area contributed by atoms with Crippen LogP contribution < -0.4 is 4.74 Å². The molecule has 0 fully saturated rings. The lowest BCUT2D eigenvalue weighted by Gasteiger charge is -2.14. The van der Waals surface area contributed by atoms with Gasteiger partial charge in [-0.3, -0.25) is 14.6 Å². The molecule has 2 aromatic heterocycles. The molecule has 28 heavy (non-hydrogen) atoms. The second-order valence-electron chi connectivity index (χ2n) is 6.28. The molecule has 0 radical (unpaired) electrons. The number of ether oxygens (including phenoxy) is 1. The van der Waals surface area contributed by atoms with Crippen molar-refractivity contribution in [2.24, 2.45) is 7.05 Å². The smallest absolute Gasteiger partial charge is 0.416 e. The number of nitrogens with one attached hydrogen (secondary N) is 1. The lowest BCUT2D eigenvalue weighted by molar-refractivity contribution is -0.137. The van der Waals surface area contributed by atoms with Crippen molar-refractivity contribution in [2.45, 2.75) is 19.3 Å². The number of halogens is 3. The maximum absolute atomic E-state index is 12.7. The Morgan fingerprint density at radius 2 is 2.11 bits per heavy atom. The molecule has 0 aliphatic carbocycles. The minimum Gasteiger partial charge on any atom is -0.487 e. The average Bonchev–Trinajstić information content (AvgIpc) is 3.28. The van der Waals surface area contributed by atoms with Crippen LogP contribution in [0.4, 0.5) is 13.2 Å². The van der Waals surface area contributed by atoms with Gasteiger partial charge in [0, 0.05) is 32.4 Å². The van der Waals surface area contributed by atoms with Gasteiger partial charge in [0.25, 0.3) is 5.91 Å². The summed E-state index contributed by atoms with van der Waals surface area (Å²) in [6.45, 7) is 0.323. The summed E-state index contributed by atoms with van der Waals surface area (Å²) >= 11 is 0. The number of hydrogen-bond donors (Lipinski definition) is 1. The van der Waals surface area contributed by atoms with Crippen LogP contribution in [0.3, 0.4) is 0 Å². The van der Waals surface area contributed by atoms with E-state index in [0.29, 0.717) is 12.2 Å². The highest BCUT2D eigenvalue weighted by Gasteiger charge is 2.30. The number of rotatable bonds is 6. The largest absolute Gasteiger partial charge is 0.487 e. The van der Waals surface area contributed by atoms with Crippen molar-refractivity contribution >= 4 is 5.91 Å². The van der Waals surface area contributed by atoms with Crippen molar-refractivity contribution in [3.05, 3.63) is 65.2 Å². The van der Waals surface area contributed by atoms with E-state index in [1.54, 1.807) is 25.0 Å². The first-order valence-corrected chi connectivity index (χ1v) is 8.29. The average molecular weight is 393 g/mol. The summed E-state index contributed by atoms with van der Waals surface area (Å²) in [6, 6.07) is 6.10. The van der Waals surface area contributed by atoms with E-state index in [1.807, 2.05) is 6.20 Å². The molecular formula is C18H18F3N5O2. The quantitative estimate of drug-likeness (QED) is 0.699. The molecule has 2 heterocycles. The predicted octanol–water partition coefficient (Wildman–Crippen LogP) is 3.01. The van der Waals surface area contributed by atoms with Gasteiger partial charge in [-0.25, -0.2) is 0 Å². The molecule has 0 saturated carbocycles. The summed E-state index contributed by atoms with van der Waals surface area (Å²) < 4.78 is 45.2. The molecule has 0 unspecified atom stereocenters. The van der Waals surface area contributed by atoms with Gasteiger partial charge in [-0.05, 0) is 24.3 Å². The number of carbonyl (C=O) groups excluding carboxylic acids is 1. The number of hydrogen-bond acceptors (Lipinski definition) is 4. The van der Waals surface area contributed by atoms with Gasteiger partial charge in [0.05, 0.1) is 17.5 Å². The van der Waals surface area contributed by atoms with E-state index < -0.39 is 11.7 Å². The van der Waals surface area contributed by atoms with E-state index in [-0.39, 0.29) is 24.0 Å². The third kappa shape index (κ3) is 4.70. The monoisotopic (exact) mass is 393 g/mol. The Kier molecular flexibility index (Phi) is 5.39. The highest BCUT2D eigenvalue weighted by atomic mass is 19.4. The topological polar surface area (TPSA) is 76.0 Å². The van der Waals surface area contributed by atoms with Crippen molar-refractivity contribution in [1.82, 2.24) is 24.9 Å². The summed E-state index contributed by atoms with van der Waals surface area (Å²) in [4.78, 5) is 13.9. The number of carbonyl (C=O) groups is 1. The number of H-pyrrole nitrogens is 1. The Morgan fingerprint density at radius 1 is 1.32 bits per heavy atom. The molecule has 0 atom stereocenters. The lowest BCUT2D eigenvalue weighted by atomic mass is 10.2. The van der Waals surface area contributed by atoms with Crippen LogP contribution in [0.1, 0.15) is 27.3 Å². The Balaban J connectivity index is 1.60. The number of aromatic amines is 1. The second-order valence-corrected chi connectivity index (χ2v) is 6.28. The van der Waals surface area contributed by atoms with E-state index in [4.69, 9.17) is 4.74 Å². The molecule has 1 amide bonds. The van der Waals surface area contributed by atoms with Crippen LogP contribution in [0.15, 0.2) is 42.7 Å². The zero-order chi connectivity index (χ0) is 20.3. The first-order chi connectivity index (χ1) is 13.2. The number of aromatic nitrogens is 4. The van der Waals surface area contributed by atoms with Crippen molar-refractivity contribution in [2.75, 3.05) is 7.05 Å². The number of amides is 1. The summed E-state index contributed by atoms with van der Waals surface area (Å²) in [6.07, 6.45) is -0.961. The molecule has 0 spiro atoms. The molecule has 0 saturated heterocycles. The molecule has 0 aliphatic rings. The number of alkyl halides is 3. The molecule has 3 rings (SSSR count). The maximum atomic E-state index is 12.7. The van der Waals surface area contributed by atoms with Crippen LogP contribution in [0, 0.1) is 0 Å². The lowest BCUT2D eigenvalue weighted by Crippen LogP contribution is -2.26. The van der Waals surface area contributed by atoms with Gasteiger partial charge < -0.3 is 9.64 Å². The van der Waals surface area contributed by atoms with Crippen LogP contribution >= 0.6 is 0 Å². The van der Waals surface area contributed by atoms with Crippen LogP contribution in [0.2, 0.25) is 0 Å². The summed E-state index contributed by atoms with van der Waals surface area (Å²) in [5, 5.41) is 10.7. The van der Waals surface area contributed by atoms with Crippen molar-refractivity contribution in [3.63, 3.8) is 0 Å². The zero-order valence-corrected chi connectivity index (χ0v) is 15.2. The van der Waals surface area contributed by atoms with E-state index in [1.165, 1.54) is 23.1 Å². The summed E-state index contributed by atoms with van der Waals surface area (Å²) in [5.41, 5.74) is 0.745. The molecule has 148 valence electrons. The molecule has 7 nitrogen and oxygen atoms in total. The van der Waals surface area contributed by atoms with E-state index >= 15 is 0 Å². The Hall–Kier alpha value is -3.30. The molecule has 0 bridgehead atoms. The van der Waals surface area contributed by atoms with Crippen molar-refractivity contribution in [1.29, 1.82) is 0 Å². The SMILES string of the molecule is CN(Cc1cnn(C)c1)C(=O)c1cc(COc2cccc(C(F)(F)F)c2)[nH]n1. The first kappa shape index (κ1) is 19.5. The molecular weight excluding hydrogens is 375 g/mol. The Morgan fingerprint density at radius 3 is 2.79 bits per heavy atom. The Bertz CT molecular complexity index is 964. The molecule has 1 N–H and O–H groups in total. The zero-order valence-electron chi connectivity index (χ0n) is 15.2. The fourth-order valence-electron chi connectivity index (χ4n) is 2.56. The van der Waals surface area contributed by atoms with Crippen molar-refractivity contribution in [3.8, 4) is 5.75 Å². The highest BCUT2D eigenvalue weighted by molar-refractivity contribution is 5.92. The maximum Gasteiger partial charge on any atom is 0.416 e. The highest BCUT2D eigenvalue weighted by Crippen LogP contribution is 2.31. The fourth-order valence-corrected chi connectivity index (χ4v) is 2.56. The van der Waals surface area contributed by atoms with Crippen molar-refractivity contribution < 1.29 is 22.7 Å². The molecule has 1 aromatic carbocycles. The fraction of sp³-hybridized carbons (Fsp3) is 0.278. The third-order valence-electron chi connectivity index (χ3n) is 3.93. The summed E-state index contributed by atoms with van der Waals surface area (Å²) in [7, 11) is 3.43. The third-order valence-corrected chi connectivity index (χ3v) is 3.93. The number of nitrogens with zero attached hydrogens (tertiary/aromatic N) is 4. The van der Waals surface area contributed by atoms with E-state index in [2.05, 4.69) is 15.3 Å². The van der Waals surface area contributed by atoms with Crippen LogP contribution in [0.5, 0.6) is 5.75 Å². The van der Waals surface area contributed by atoms with E-state index in [9.17, 15) is 18.0 Å². The standard InChI is InChI=1S/C18H18F3N5O2/c1-25(9-12-8-22-26(2)10-12)17(27)16-7-14(23-24-16)11-28-15-5-3-4-13(6-15)18(19,20)21/h3-8,10H,9,11H2,1-2H3,(H,23,24). The van der Waals surface area contributed by atoms with Gasteiger partial charge in [-0.2, -0.15) is 23.4 Å². The number of aryl methyl sites for hydroxylation is 1. The molecule has 0 aliphatic heterocycles. The molecule has 3 aromatic rings. The predicted molar refractivity (Wildman–Crippen MR) is 93.4 cm³/mol. The van der Waals surface area contributed by atoms with Crippen LogP contribution in [-0.2, 0) is 26.4 Å². The van der Waals surface area contributed by atoms with Gasteiger partial charge in [0.1, 0.15) is 12.4 Å². The first-order valence-electron chi connectivity index (χ1n) is 8.29. The van der Waals surface area contributed by atoms with Crippen LogP contribution in [0.25, 0.3) is 0 Å². The Labute approximate surface area is 158 Å². The molecule has 10 heteroatoms. The van der Waals surface area contributed by atoms with Gasteiger partial charge >= 0.3 is 6.18 Å².